The third-order valence-corrected chi connectivity index (χ3v) is 5.23. The Balaban J connectivity index is 1.78. The Kier molecular flexibility index (Phi) is 4.90. The molecule has 2 bridgehead atoms. The van der Waals surface area contributed by atoms with Crippen LogP contribution in [0.2, 0.25) is 0 Å². The van der Waals surface area contributed by atoms with Crippen molar-refractivity contribution in [2.45, 2.75) is 71.1 Å². The lowest BCUT2D eigenvalue weighted by molar-refractivity contribution is -0.165. The quantitative estimate of drug-likeness (QED) is 0.526. The summed E-state index contributed by atoms with van der Waals surface area (Å²) in [5.74, 6) is -1.50. The van der Waals surface area contributed by atoms with Gasteiger partial charge >= 0.3 is 5.97 Å². The van der Waals surface area contributed by atoms with E-state index in [1.165, 1.54) is 7.05 Å². The second-order valence-electron chi connectivity index (χ2n) is 7.89. The number of carbonyl (C=O) groups excluding carboxylic acids is 3. The fourth-order valence-corrected chi connectivity index (χ4v) is 4.06. The molecule has 0 aromatic carbocycles. The van der Waals surface area contributed by atoms with Crippen LogP contribution in [0.4, 0.5) is 0 Å². The Bertz CT molecular complexity index is 574. The smallest absolute Gasteiger partial charge is 0.306 e. The van der Waals surface area contributed by atoms with Gasteiger partial charge in [-0.15, -0.1) is 0 Å². The molecule has 3 heterocycles. The van der Waals surface area contributed by atoms with Crippen LogP contribution in [0.5, 0.6) is 0 Å². The number of hydrogen-bond donors (Lipinski definition) is 0. The molecule has 3 aliphatic rings. The molecule has 3 aliphatic heterocycles. The van der Waals surface area contributed by atoms with E-state index in [1.54, 1.807) is 0 Å². The maximum absolute atomic E-state index is 12.4. The number of ether oxygens (including phenoxy) is 3. The summed E-state index contributed by atoms with van der Waals surface area (Å²) in [4.78, 5) is 38.2. The molecule has 0 spiro atoms. The summed E-state index contributed by atoms with van der Waals surface area (Å²) in [7, 11) is 1.49. The number of carbonyl (C=O) groups is 3. The van der Waals surface area contributed by atoms with Crippen molar-refractivity contribution in [2.75, 3.05) is 7.05 Å². The Hall–Kier alpha value is -1.47. The van der Waals surface area contributed by atoms with E-state index in [4.69, 9.17) is 14.2 Å². The van der Waals surface area contributed by atoms with E-state index in [0.29, 0.717) is 12.3 Å². The first-order valence-corrected chi connectivity index (χ1v) is 9.04. The van der Waals surface area contributed by atoms with Crippen LogP contribution in [-0.2, 0) is 28.6 Å². The van der Waals surface area contributed by atoms with Crippen molar-refractivity contribution in [3.8, 4) is 0 Å². The van der Waals surface area contributed by atoms with Crippen molar-refractivity contribution in [1.82, 2.24) is 4.90 Å². The van der Waals surface area contributed by atoms with Crippen molar-refractivity contribution in [3.63, 3.8) is 0 Å². The minimum absolute atomic E-state index is 0.104. The summed E-state index contributed by atoms with van der Waals surface area (Å²) in [6, 6.07) is 0. The van der Waals surface area contributed by atoms with Crippen LogP contribution in [0.15, 0.2) is 0 Å². The van der Waals surface area contributed by atoms with Gasteiger partial charge < -0.3 is 14.2 Å². The van der Waals surface area contributed by atoms with Gasteiger partial charge in [-0.25, -0.2) is 0 Å². The SMILES string of the molecule is CC(C)CCC(=O)O[C@@H]1C2OC(C3C(=O)N(C)C(=O)C32)[C@@H]1OC(C)C. The molecule has 3 saturated heterocycles. The highest BCUT2D eigenvalue weighted by molar-refractivity contribution is 6.06. The van der Waals surface area contributed by atoms with E-state index < -0.39 is 36.3 Å². The second-order valence-corrected chi connectivity index (χ2v) is 7.89. The molecule has 3 fully saturated rings. The fourth-order valence-electron chi connectivity index (χ4n) is 4.06. The maximum Gasteiger partial charge on any atom is 0.306 e. The van der Waals surface area contributed by atoms with Crippen LogP contribution in [0.25, 0.3) is 0 Å². The molecule has 0 N–H and O–H groups in total. The summed E-state index contributed by atoms with van der Waals surface area (Å²) in [6.07, 6.45) is -1.35. The van der Waals surface area contributed by atoms with Crippen molar-refractivity contribution >= 4 is 17.8 Å². The lowest BCUT2D eigenvalue weighted by Crippen LogP contribution is -2.51. The standard InChI is InChI=1S/C18H27NO6/c1-8(2)6-7-10(20)24-16-14-12-11(17(21)19(5)18(12)22)13(25-14)15(16)23-9(3)4/h8-9,11-16H,6-7H2,1-5H3/t11?,12?,13?,14?,15-,16+/m0/s1. The number of hydrogen-bond acceptors (Lipinski definition) is 6. The molecular weight excluding hydrogens is 326 g/mol. The molecule has 6 atom stereocenters. The monoisotopic (exact) mass is 353 g/mol. The number of nitrogens with zero attached hydrogens (tertiary/aromatic N) is 1. The minimum atomic E-state index is -0.642. The first-order valence-electron chi connectivity index (χ1n) is 9.04. The van der Waals surface area contributed by atoms with E-state index >= 15 is 0 Å². The highest BCUT2D eigenvalue weighted by Crippen LogP contribution is 2.50. The van der Waals surface area contributed by atoms with Crippen LogP contribution in [-0.4, -0.2) is 60.3 Å². The highest BCUT2D eigenvalue weighted by atomic mass is 16.6. The van der Waals surface area contributed by atoms with Gasteiger partial charge in [-0.3, -0.25) is 19.3 Å². The van der Waals surface area contributed by atoms with Gasteiger partial charge in [0.1, 0.15) is 18.3 Å². The summed E-state index contributed by atoms with van der Waals surface area (Å²) in [5, 5.41) is 0. The van der Waals surface area contributed by atoms with Gasteiger partial charge in [0, 0.05) is 13.5 Å². The molecule has 7 heteroatoms. The van der Waals surface area contributed by atoms with Crippen molar-refractivity contribution in [3.05, 3.63) is 0 Å². The molecule has 25 heavy (non-hydrogen) atoms. The molecule has 2 amide bonds. The highest BCUT2D eigenvalue weighted by Gasteiger charge is 2.70. The fraction of sp³-hybridized carbons (Fsp3) is 0.833. The Labute approximate surface area is 148 Å². The molecule has 0 aromatic rings. The van der Waals surface area contributed by atoms with Gasteiger partial charge in [0.25, 0.3) is 0 Å². The number of fused-ring (bicyclic) bond motifs is 5. The third kappa shape index (κ3) is 3.08. The van der Waals surface area contributed by atoms with Crippen LogP contribution < -0.4 is 0 Å². The lowest BCUT2D eigenvalue weighted by Gasteiger charge is -2.33. The van der Waals surface area contributed by atoms with Crippen LogP contribution in [0.1, 0.15) is 40.5 Å². The second kappa shape index (κ2) is 6.68. The Morgan fingerprint density at radius 3 is 2.16 bits per heavy atom. The first-order chi connectivity index (χ1) is 11.7. The number of esters is 1. The molecule has 0 saturated carbocycles. The predicted octanol–water partition coefficient (Wildman–Crippen LogP) is 1.14. The molecule has 0 aromatic heterocycles. The van der Waals surface area contributed by atoms with Crippen LogP contribution >= 0.6 is 0 Å². The summed E-state index contributed by atoms with van der Waals surface area (Å²) in [5.41, 5.74) is 0. The molecular formula is C18H27NO6. The van der Waals surface area contributed by atoms with Crippen molar-refractivity contribution in [1.29, 1.82) is 0 Å². The number of amides is 2. The average molecular weight is 353 g/mol. The zero-order valence-corrected chi connectivity index (χ0v) is 15.4. The van der Waals surface area contributed by atoms with E-state index in [2.05, 4.69) is 0 Å². The van der Waals surface area contributed by atoms with E-state index in [-0.39, 0.29) is 23.9 Å². The van der Waals surface area contributed by atoms with E-state index in [0.717, 1.165) is 11.3 Å². The topological polar surface area (TPSA) is 82.1 Å². The number of imide groups is 1. The van der Waals surface area contributed by atoms with Gasteiger partial charge in [0.05, 0.1) is 17.9 Å². The van der Waals surface area contributed by atoms with Crippen LogP contribution in [0, 0.1) is 17.8 Å². The number of likely N-dealkylation sites (tertiary alicyclic amines) is 1. The maximum atomic E-state index is 12.4. The van der Waals surface area contributed by atoms with Crippen LogP contribution in [0.3, 0.4) is 0 Å². The summed E-state index contributed by atoms with van der Waals surface area (Å²) in [6.45, 7) is 7.85. The van der Waals surface area contributed by atoms with Gasteiger partial charge in [-0.05, 0) is 26.2 Å². The first kappa shape index (κ1) is 18.3. The molecule has 3 rings (SSSR count). The van der Waals surface area contributed by atoms with Gasteiger partial charge in [0.2, 0.25) is 11.8 Å². The van der Waals surface area contributed by atoms with Gasteiger partial charge in [0.15, 0.2) is 6.10 Å². The number of rotatable bonds is 6. The molecule has 4 unspecified atom stereocenters. The van der Waals surface area contributed by atoms with Gasteiger partial charge in [-0.2, -0.15) is 0 Å². The van der Waals surface area contributed by atoms with E-state index in [9.17, 15) is 14.4 Å². The lowest BCUT2D eigenvalue weighted by atomic mass is 9.77. The Morgan fingerprint density at radius 1 is 1.08 bits per heavy atom. The molecule has 7 nitrogen and oxygen atoms in total. The molecule has 0 radical (unpaired) electrons. The summed E-state index contributed by atoms with van der Waals surface area (Å²) < 4.78 is 17.5. The predicted molar refractivity (Wildman–Crippen MR) is 87.4 cm³/mol. The average Bonchev–Trinajstić information content (AvgIpc) is 3.13. The summed E-state index contributed by atoms with van der Waals surface area (Å²) >= 11 is 0. The zero-order valence-electron chi connectivity index (χ0n) is 15.4. The minimum Gasteiger partial charge on any atom is -0.457 e. The Morgan fingerprint density at radius 2 is 1.64 bits per heavy atom. The van der Waals surface area contributed by atoms with Crippen molar-refractivity contribution < 1.29 is 28.6 Å². The normalized spacial score (nSPS) is 36.7. The van der Waals surface area contributed by atoms with E-state index in [1.807, 2.05) is 27.7 Å². The third-order valence-electron chi connectivity index (χ3n) is 5.23. The largest absolute Gasteiger partial charge is 0.457 e. The molecule has 0 aliphatic carbocycles. The van der Waals surface area contributed by atoms with Crippen molar-refractivity contribution in [2.24, 2.45) is 17.8 Å². The molecule has 140 valence electrons. The van der Waals surface area contributed by atoms with Gasteiger partial charge in [-0.1, -0.05) is 13.8 Å². The zero-order chi connectivity index (χ0) is 18.5.